The summed E-state index contributed by atoms with van der Waals surface area (Å²) in [6.45, 7) is 11.6. The van der Waals surface area contributed by atoms with Crippen LogP contribution >= 0.6 is 35.1 Å². The van der Waals surface area contributed by atoms with E-state index >= 15 is 4.39 Å². The van der Waals surface area contributed by atoms with Gasteiger partial charge in [-0.2, -0.15) is 0 Å². The Balaban J connectivity index is 1.65. The van der Waals surface area contributed by atoms with Crippen LogP contribution in [0.3, 0.4) is 0 Å². The first-order chi connectivity index (χ1) is 16.5. The van der Waals surface area contributed by atoms with Gasteiger partial charge in [0.2, 0.25) is 5.67 Å². The Morgan fingerprint density at radius 2 is 1.67 bits per heavy atom. The van der Waals surface area contributed by atoms with E-state index in [1.807, 2.05) is 0 Å². The highest BCUT2D eigenvalue weighted by atomic mass is 35.5. The van der Waals surface area contributed by atoms with Crippen LogP contribution in [0.5, 0.6) is 5.75 Å². The first-order valence-corrected chi connectivity index (χ1v) is 13.6. The van der Waals surface area contributed by atoms with Gasteiger partial charge in [0, 0.05) is 35.5 Å². The molecule has 11 heteroatoms. The Bertz CT molecular complexity index is 985. The summed E-state index contributed by atoms with van der Waals surface area (Å²) in [6.07, 6.45) is 0.605. The van der Waals surface area contributed by atoms with E-state index in [1.165, 1.54) is 15.9 Å². The third kappa shape index (κ3) is 7.11. The number of alkyl halides is 1. The SMILES string of the molecule is CC(C)(C)OC(=O)N1CC(F)(C(=O)N2CCC(C(NSC(C)(C)C)c3cc(Cl)c(Cl)cc3O)CC2)C1. The van der Waals surface area contributed by atoms with Crippen LogP contribution < -0.4 is 4.72 Å². The Labute approximate surface area is 227 Å². The molecule has 2 saturated heterocycles. The normalized spacial score (nSPS) is 19.6. The Morgan fingerprint density at radius 3 is 2.19 bits per heavy atom. The second-order valence-corrected chi connectivity index (χ2v) is 14.0. The Kier molecular flexibility index (Phi) is 8.70. The topological polar surface area (TPSA) is 82.1 Å². The molecule has 2 aliphatic rings. The van der Waals surface area contributed by atoms with Crippen molar-refractivity contribution in [1.82, 2.24) is 14.5 Å². The molecule has 2 heterocycles. The van der Waals surface area contributed by atoms with E-state index in [0.29, 0.717) is 36.5 Å². The Morgan fingerprint density at radius 1 is 1.11 bits per heavy atom. The van der Waals surface area contributed by atoms with Gasteiger partial charge in [0.15, 0.2) is 0 Å². The molecule has 1 unspecified atom stereocenters. The molecule has 0 radical (unpaired) electrons. The average Bonchev–Trinajstić information content (AvgIpc) is 2.73. The summed E-state index contributed by atoms with van der Waals surface area (Å²) in [5.74, 6) is -0.469. The van der Waals surface area contributed by atoms with Crippen molar-refractivity contribution in [3.63, 3.8) is 0 Å². The van der Waals surface area contributed by atoms with E-state index in [2.05, 4.69) is 25.5 Å². The molecule has 0 aliphatic carbocycles. The van der Waals surface area contributed by atoms with Crippen molar-refractivity contribution in [3.8, 4) is 5.75 Å². The summed E-state index contributed by atoms with van der Waals surface area (Å²) in [4.78, 5) is 27.9. The van der Waals surface area contributed by atoms with Gasteiger partial charge in [-0.15, -0.1) is 0 Å². The molecule has 2 amide bonds. The number of carbonyl (C=O) groups excluding carboxylic acids is 2. The van der Waals surface area contributed by atoms with Crippen molar-refractivity contribution in [2.24, 2.45) is 5.92 Å². The highest BCUT2D eigenvalue weighted by molar-refractivity contribution is 7.98. The Hall–Kier alpha value is -1.42. The monoisotopic (exact) mass is 563 g/mol. The zero-order chi connectivity index (χ0) is 27.1. The molecule has 0 bridgehead atoms. The number of nitrogens with one attached hydrogen (secondary N) is 1. The zero-order valence-electron chi connectivity index (χ0n) is 21.7. The molecule has 1 aromatic rings. The lowest BCUT2D eigenvalue weighted by Gasteiger charge is -2.46. The van der Waals surface area contributed by atoms with Crippen molar-refractivity contribution < 1.29 is 23.8 Å². The van der Waals surface area contributed by atoms with Crippen molar-refractivity contribution >= 4 is 47.2 Å². The number of likely N-dealkylation sites (tertiary alicyclic amines) is 2. The number of piperidine rings is 1. The van der Waals surface area contributed by atoms with Crippen LogP contribution in [-0.4, -0.2) is 69.1 Å². The minimum atomic E-state index is -2.09. The second kappa shape index (κ2) is 10.8. The average molecular weight is 565 g/mol. The standard InChI is InChI=1S/C25H36Cl2FN3O4S/c1-23(2,3)35-22(34)31-13-25(28,14-31)21(33)30-9-7-15(8-10-30)20(29-36-24(4,5)6)16-11-17(26)18(27)12-19(16)32/h11-12,15,20,29,32H,7-10,13-14H2,1-6H3. The van der Waals surface area contributed by atoms with Gasteiger partial charge in [-0.1, -0.05) is 35.1 Å². The molecule has 36 heavy (non-hydrogen) atoms. The van der Waals surface area contributed by atoms with Gasteiger partial charge in [0.05, 0.1) is 23.1 Å². The van der Waals surface area contributed by atoms with Gasteiger partial charge in [-0.3, -0.25) is 9.52 Å². The number of amides is 2. The lowest BCUT2D eigenvalue weighted by molar-refractivity contribution is -0.156. The number of rotatable bonds is 5. The van der Waals surface area contributed by atoms with Crippen molar-refractivity contribution in [2.75, 3.05) is 26.2 Å². The summed E-state index contributed by atoms with van der Waals surface area (Å²) in [7, 11) is 0. The quantitative estimate of drug-likeness (QED) is 0.429. The predicted octanol–water partition coefficient (Wildman–Crippen LogP) is 5.97. The van der Waals surface area contributed by atoms with E-state index in [9.17, 15) is 14.7 Å². The van der Waals surface area contributed by atoms with E-state index in [0.717, 1.165) is 0 Å². The zero-order valence-corrected chi connectivity index (χ0v) is 24.0. The summed E-state index contributed by atoms with van der Waals surface area (Å²) >= 11 is 13.9. The molecule has 2 N–H and O–H groups in total. The van der Waals surface area contributed by atoms with Crippen molar-refractivity contribution in [2.45, 2.75) is 76.4 Å². The number of hydrogen-bond donors (Lipinski definition) is 2. The predicted molar refractivity (Wildman–Crippen MR) is 142 cm³/mol. The van der Waals surface area contributed by atoms with Gasteiger partial charge in [-0.25, -0.2) is 9.18 Å². The van der Waals surface area contributed by atoms with Crippen LogP contribution in [-0.2, 0) is 9.53 Å². The van der Waals surface area contributed by atoms with E-state index in [4.69, 9.17) is 27.9 Å². The molecular weight excluding hydrogens is 528 g/mol. The fourth-order valence-electron chi connectivity index (χ4n) is 4.32. The smallest absolute Gasteiger partial charge is 0.410 e. The highest BCUT2D eigenvalue weighted by Gasteiger charge is 2.55. The summed E-state index contributed by atoms with van der Waals surface area (Å²) in [6, 6.07) is 2.87. The number of phenolic OH excluding ortho intramolecular Hbond substituents is 1. The second-order valence-electron chi connectivity index (χ2n) is 11.6. The summed E-state index contributed by atoms with van der Waals surface area (Å²) in [5, 5.41) is 11.2. The molecule has 0 spiro atoms. The summed E-state index contributed by atoms with van der Waals surface area (Å²) < 4.78 is 24.0. The maximum absolute atomic E-state index is 15.3. The van der Waals surface area contributed by atoms with Gasteiger partial charge in [0.25, 0.3) is 5.91 Å². The van der Waals surface area contributed by atoms with Crippen LogP contribution in [0.15, 0.2) is 12.1 Å². The lowest BCUT2D eigenvalue weighted by atomic mass is 9.84. The number of phenols is 1. The van der Waals surface area contributed by atoms with Crippen LogP contribution in [0.4, 0.5) is 9.18 Å². The molecule has 2 aliphatic heterocycles. The molecule has 2 fully saturated rings. The molecule has 202 valence electrons. The van der Waals surface area contributed by atoms with Crippen LogP contribution in [0.1, 0.15) is 66.0 Å². The van der Waals surface area contributed by atoms with E-state index < -0.39 is 23.3 Å². The number of nitrogens with zero attached hydrogens (tertiary/aromatic N) is 2. The molecule has 7 nitrogen and oxygen atoms in total. The highest BCUT2D eigenvalue weighted by Crippen LogP contribution is 2.41. The fourth-order valence-corrected chi connectivity index (χ4v) is 5.45. The molecule has 1 aromatic carbocycles. The van der Waals surface area contributed by atoms with Crippen molar-refractivity contribution in [1.29, 1.82) is 0 Å². The van der Waals surface area contributed by atoms with Gasteiger partial charge >= 0.3 is 6.09 Å². The summed E-state index contributed by atoms with van der Waals surface area (Å²) in [5.41, 5.74) is -2.14. The fraction of sp³-hybridized carbons (Fsp3) is 0.680. The van der Waals surface area contributed by atoms with Crippen molar-refractivity contribution in [3.05, 3.63) is 27.7 Å². The number of hydrogen-bond acceptors (Lipinski definition) is 6. The van der Waals surface area contributed by atoms with Crippen LogP contribution in [0, 0.1) is 5.92 Å². The lowest BCUT2D eigenvalue weighted by Crippen LogP contribution is -2.68. The van der Waals surface area contributed by atoms with E-state index in [-0.39, 0.29) is 40.6 Å². The minimum Gasteiger partial charge on any atom is -0.508 e. The molecular formula is C25H36Cl2FN3O4S. The van der Waals surface area contributed by atoms with E-state index in [1.54, 1.807) is 38.8 Å². The third-order valence-corrected chi connectivity index (χ3v) is 7.82. The molecule has 3 rings (SSSR count). The number of carbonyl (C=O) groups is 2. The molecule has 0 saturated carbocycles. The first-order valence-electron chi connectivity index (χ1n) is 12.1. The maximum atomic E-state index is 15.3. The number of benzene rings is 1. The number of halogens is 3. The first kappa shape index (κ1) is 29.1. The molecule has 0 aromatic heterocycles. The minimum absolute atomic E-state index is 0.0503. The maximum Gasteiger partial charge on any atom is 0.410 e. The molecule has 1 atom stereocenters. The van der Waals surface area contributed by atoms with Crippen LogP contribution in [0.25, 0.3) is 0 Å². The van der Waals surface area contributed by atoms with Gasteiger partial charge < -0.3 is 19.6 Å². The third-order valence-electron chi connectivity index (χ3n) is 6.11. The number of ether oxygens (including phenoxy) is 1. The van der Waals surface area contributed by atoms with Gasteiger partial charge in [0.1, 0.15) is 11.4 Å². The van der Waals surface area contributed by atoms with Crippen LogP contribution in [0.2, 0.25) is 10.0 Å². The number of aromatic hydroxyl groups is 1. The largest absolute Gasteiger partial charge is 0.508 e. The van der Waals surface area contributed by atoms with Gasteiger partial charge in [-0.05, 0) is 66.4 Å².